The maximum atomic E-state index is 13.5. The number of amides is 2. The summed E-state index contributed by atoms with van der Waals surface area (Å²) in [6, 6.07) is 13.9. The van der Waals surface area contributed by atoms with Crippen LogP contribution in [-0.4, -0.2) is 74.4 Å². The van der Waals surface area contributed by atoms with Crippen molar-refractivity contribution in [3.63, 3.8) is 0 Å². The smallest absolute Gasteiger partial charge is 0.263 e. The van der Waals surface area contributed by atoms with Crippen molar-refractivity contribution >= 4 is 33.4 Å². The van der Waals surface area contributed by atoms with Crippen molar-refractivity contribution in [1.82, 2.24) is 24.8 Å². The third-order valence-electron chi connectivity index (χ3n) is 8.39. The molecular weight excluding hydrogens is 596 g/mol. The van der Waals surface area contributed by atoms with E-state index in [-0.39, 0.29) is 29.9 Å². The molecular formula is C32H41BrN6O3. The van der Waals surface area contributed by atoms with Gasteiger partial charge in [-0.25, -0.2) is 4.68 Å². The number of aryl methyl sites for hydroxylation is 1. The number of anilines is 1. The SMILES string of the molecule is Cc1ccc(C(C)C)c(OC(C)C(=O)N2C[C@@H](C)N(Cc3cn(C4CCN(c5ccc(Br)cc5)C4=O)nn3)[C@@H](C)C2)c1. The number of halogens is 1. The van der Waals surface area contributed by atoms with Crippen LogP contribution in [0.25, 0.3) is 0 Å². The van der Waals surface area contributed by atoms with Gasteiger partial charge in [-0.05, 0) is 81.5 Å². The lowest BCUT2D eigenvalue weighted by Crippen LogP contribution is -2.59. The number of hydrogen-bond donors (Lipinski definition) is 0. The van der Waals surface area contributed by atoms with Crippen LogP contribution in [0.4, 0.5) is 5.69 Å². The second kappa shape index (κ2) is 12.6. The van der Waals surface area contributed by atoms with Crippen LogP contribution in [0.15, 0.2) is 53.1 Å². The van der Waals surface area contributed by atoms with Gasteiger partial charge in [0.2, 0.25) is 0 Å². The zero-order chi connectivity index (χ0) is 30.1. The van der Waals surface area contributed by atoms with E-state index in [9.17, 15) is 9.59 Å². The second-order valence-corrected chi connectivity index (χ2v) is 12.9. The molecule has 2 aliphatic rings. The molecule has 3 aromatic rings. The standard InChI is InChI=1S/C32H41BrN6O3/c1-20(2)28-12-7-21(3)15-30(28)42-24(6)31(40)36-16-22(4)38(23(5)17-36)18-26-19-39(35-34-26)29-13-14-37(32(29)41)27-10-8-25(33)9-11-27/h7-12,15,19-20,22-24,29H,13-14,16-18H2,1-6H3/t22-,23+,24?,29?. The van der Waals surface area contributed by atoms with Gasteiger partial charge in [-0.15, -0.1) is 5.10 Å². The summed E-state index contributed by atoms with van der Waals surface area (Å²) in [5.41, 5.74) is 3.93. The number of carbonyl (C=O) groups excluding carboxylic acids is 2. The number of nitrogens with zero attached hydrogens (tertiary/aromatic N) is 6. The molecule has 5 rings (SSSR count). The lowest BCUT2D eigenvalue weighted by Gasteiger charge is -2.44. The minimum absolute atomic E-state index is 0.00517. The summed E-state index contributed by atoms with van der Waals surface area (Å²) in [6.07, 6.45) is 2.01. The number of ether oxygens (including phenoxy) is 1. The maximum absolute atomic E-state index is 13.5. The van der Waals surface area contributed by atoms with E-state index in [2.05, 4.69) is 71.0 Å². The largest absolute Gasteiger partial charge is 0.481 e. The van der Waals surface area contributed by atoms with Crippen LogP contribution < -0.4 is 9.64 Å². The zero-order valence-electron chi connectivity index (χ0n) is 25.3. The summed E-state index contributed by atoms with van der Waals surface area (Å²) >= 11 is 3.45. The Balaban J connectivity index is 1.19. The summed E-state index contributed by atoms with van der Waals surface area (Å²) in [6.45, 7) is 14.9. The van der Waals surface area contributed by atoms with Crippen molar-refractivity contribution in [2.45, 2.75) is 84.7 Å². The molecule has 3 heterocycles. The number of rotatable bonds is 8. The van der Waals surface area contributed by atoms with Crippen molar-refractivity contribution in [3.05, 3.63) is 70.0 Å². The highest BCUT2D eigenvalue weighted by Crippen LogP contribution is 2.31. The molecule has 2 saturated heterocycles. The number of benzene rings is 2. The fourth-order valence-electron chi connectivity index (χ4n) is 6.08. The molecule has 0 bridgehead atoms. The average molecular weight is 638 g/mol. The van der Waals surface area contributed by atoms with Gasteiger partial charge in [0, 0.05) is 48.4 Å². The first kappa shape index (κ1) is 30.2. The van der Waals surface area contributed by atoms with E-state index in [0.717, 1.165) is 32.7 Å². The van der Waals surface area contributed by atoms with Crippen molar-refractivity contribution in [3.8, 4) is 5.75 Å². The zero-order valence-corrected chi connectivity index (χ0v) is 26.9. The van der Waals surface area contributed by atoms with Gasteiger partial charge in [0.25, 0.3) is 11.8 Å². The van der Waals surface area contributed by atoms with Gasteiger partial charge >= 0.3 is 0 Å². The molecule has 0 radical (unpaired) electrons. The van der Waals surface area contributed by atoms with Crippen LogP contribution in [0.2, 0.25) is 0 Å². The van der Waals surface area contributed by atoms with Crippen LogP contribution in [0.3, 0.4) is 0 Å². The molecule has 0 aliphatic carbocycles. The van der Waals surface area contributed by atoms with Crippen LogP contribution in [-0.2, 0) is 16.1 Å². The van der Waals surface area contributed by atoms with E-state index >= 15 is 0 Å². The van der Waals surface area contributed by atoms with Crippen molar-refractivity contribution < 1.29 is 14.3 Å². The normalized spacial score (nSPS) is 22.2. The molecule has 0 N–H and O–H groups in total. The molecule has 224 valence electrons. The van der Waals surface area contributed by atoms with E-state index in [1.54, 1.807) is 4.68 Å². The summed E-state index contributed by atoms with van der Waals surface area (Å²) in [4.78, 5) is 32.8. The van der Waals surface area contributed by atoms with Gasteiger partial charge in [-0.1, -0.05) is 47.1 Å². The lowest BCUT2D eigenvalue weighted by molar-refractivity contribution is -0.142. The first-order valence-electron chi connectivity index (χ1n) is 14.8. The predicted molar refractivity (Wildman–Crippen MR) is 167 cm³/mol. The fraction of sp³-hybridized carbons (Fsp3) is 0.500. The van der Waals surface area contributed by atoms with E-state index < -0.39 is 6.10 Å². The van der Waals surface area contributed by atoms with Gasteiger partial charge in [-0.2, -0.15) is 0 Å². The molecule has 0 spiro atoms. The first-order chi connectivity index (χ1) is 20.0. The highest BCUT2D eigenvalue weighted by Gasteiger charge is 2.37. The van der Waals surface area contributed by atoms with E-state index in [1.165, 1.54) is 0 Å². The lowest BCUT2D eigenvalue weighted by atomic mass is 10.0. The molecule has 9 nitrogen and oxygen atoms in total. The average Bonchev–Trinajstić information content (AvgIpc) is 3.56. The monoisotopic (exact) mass is 636 g/mol. The number of carbonyl (C=O) groups is 2. The minimum atomic E-state index is -0.573. The molecule has 10 heteroatoms. The van der Waals surface area contributed by atoms with E-state index in [1.807, 2.05) is 60.2 Å². The Morgan fingerprint density at radius 1 is 1.07 bits per heavy atom. The molecule has 42 heavy (non-hydrogen) atoms. The Morgan fingerprint density at radius 2 is 1.76 bits per heavy atom. The highest BCUT2D eigenvalue weighted by molar-refractivity contribution is 9.10. The number of hydrogen-bond acceptors (Lipinski definition) is 6. The third kappa shape index (κ3) is 6.39. The molecule has 2 fully saturated rings. The molecule has 2 amide bonds. The van der Waals surface area contributed by atoms with Crippen LogP contribution in [0, 0.1) is 6.92 Å². The molecule has 1 aromatic heterocycles. The Morgan fingerprint density at radius 3 is 2.43 bits per heavy atom. The Hall–Kier alpha value is -3.24. The van der Waals surface area contributed by atoms with E-state index in [4.69, 9.17) is 4.74 Å². The first-order valence-corrected chi connectivity index (χ1v) is 15.6. The molecule has 2 aromatic carbocycles. The molecule has 0 saturated carbocycles. The Bertz CT molecular complexity index is 1410. The Labute approximate surface area is 256 Å². The number of piperazine rings is 1. The molecule has 4 atom stereocenters. The van der Waals surface area contributed by atoms with Gasteiger partial charge < -0.3 is 14.5 Å². The number of aromatic nitrogens is 3. The van der Waals surface area contributed by atoms with Gasteiger partial charge in [0.1, 0.15) is 11.8 Å². The van der Waals surface area contributed by atoms with Gasteiger partial charge in [0.15, 0.2) is 6.10 Å². The van der Waals surface area contributed by atoms with Crippen LogP contribution in [0.5, 0.6) is 5.75 Å². The predicted octanol–water partition coefficient (Wildman–Crippen LogP) is 5.34. The fourth-order valence-corrected chi connectivity index (χ4v) is 6.34. The van der Waals surface area contributed by atoms with E-state index in [0.29, 0.717) is 38.5 Å². The van der Waals surface area contributed by atoms with Crippen molar-refractivity contribution in [2.75, 3.05) is 24.5 Å². The van der Waals surface area contributed by atoms with Gasteiger partial charge in [-0.3, -0.25) is 14.5 Å². The van der Waals surface area contributed by atoms with Gasteiger partial charge in [0.05, 0.1) is 11.9 Å². The van der Waals surface area contributed by atoms with Crippen LogP contribution >= 0.6 is 15.9 Å². The topological polar surface area (TPSA) is 83.8 Å². The summed E-state index contributed by atoms with van der Waals surface area (Å²) in [5.74, 6) is 1.13. The maximum Gasteiger partial charge on any atom is 0.263 e. The highest BCUT2D eigenvalue weighted by atomic mass is 79.9. The molecule has 2 unspecified atom stereocenters. The van der Waals surface area contributed by atoms with Crippen molar-refractivity contribution in [2.24, 2.45) is 0 Å². The Kier molecular flexibility index (Phi) is 9.03. The minimum Gasteiger partial charge on any atom is -0.481 e. The second-order valence-electron chi connectivity index (χ2n) is 12.0. The summed E-state index contributed by atoms with van der Waals surface area (Å²) in [5, 5.41) is 8.76. The van der Waals surface area contributed by atoms with Crippen molar-refractivity contribution in [1.29, 1.82) is 0 Å². The van der Waals surface area contributed by atoms with Crippen LogP contribution in [0.1, 0.15) is 69.8 Å². The summed E-state index contributed by atoms with van der Waals surface area (Å²) in [7, 11) is 0. The molecule has 2 aliphatic heterocycles. The quantitative estimate of drug-likeness (QED) is 0.332. The third-order valence-corrected chi connectivity index (χ3v) is 8.92. The summed E-state index contributed by atoms with van der Waals surface area (Å²) < 4.78 is 8.93.